The van der Waals surface area contributed by atoms with Crippen molar-refractivity contribution < 1.29 is 19.5 Å². The van der Waals surface area contributed by atoms with E-state index in [1.54, 1.807) is 0 Å². The molecule has 1 aliphatic carbocycles. The van der Waals surface area contributed by atoms with Crippen LogP contribution in [0.2, 0.25) is 0 Å². The van der Waals surface area contributed by atoms with E-state index < -0.39 is 5.97 Å². The summed E-state index contributed by atoms with van der Waals surface area (Å²) in [5.41, 5.74) is 0.511. The third kappa shape index (κ3) is 3.66. The molecule has 3 aliphatic rings. The first kappa shape index (κ1) is 19.4. The smallest absolute Gasteiger partial charge is 0.303 e. The van der Waals surface area contributed by atoms with Crippen LogP contribution < -0.4 is 0 Å². The number of carbonyl (C=O) groups is 3. The fourth-order valence-electron chi connectivity index (χ4n) is 4.92. The normalized spacial score (nSPS) is 27.0. The van der Waals surface area contributed by atoms with Crippen LogP contribution in [-0.2, 0) is 20.8 Å². The lowest BCUT2D eigenvalue weighted by Crippen LogP contribution is -2.42. The summed E-state index contributed by atoms with van der Waals surface area (Å²) in [5.74, 6) is -0.227. The van der Waals surface area contributed by atoms with E-state index >= 15 is 0 Å². The molecule has 1 aromatic heterocycles. The van der Waals surface area contributed by atoms with Gasteiger partial charge in [0.2, 0.25) is 11.8 Å². The lowest BCUT2D eigenvalue weighted by Gasteiger charge is -2.32. The molecule has 0 unspecified atom stereocenters. The zero-order valence-corrected chi connectivity index (χ0v) is 17.0. The average Bonchev–Trinajstić information content (AvgIpc) is 3.23. The Morgan fingerprint density at radius 3 is 2.57 bits per heavy atom. The molecule has 0 aromatic carbocycles. The summed E-state index contributed by atoms with van der Waals surface area (Å²) < 4.78 is 0. The number of likely N-dealkylation sites (tertiary alicyclic amines) is 2. The number of aromatic nitrogens is 1. The number of aryl methyl sites for hydroxylation is 1. The Morgan fingerprint density at radius 2 is 1.96 bits per heavy atom. The maximum Gasteiger partial charge on any atom is 0.303 e. The first-order valence-corrected chi connectivity index (χ1v) is 10.9. The second-order valence-electron chi connectivity index (χ2n) is 8.61. The van der Waals surface area contributed by atoms with Gasteiger partial charge < -0.3 is 14.9 Å². The fraction of sp³-hybridized carbons (Fsp3) is 0.700. The van der Waals surface area contributed by atoms with E-state index in [-0.39, 0.29) is 41.9 Å². The lowest BCUT2D eigenvalue weighted by atomic mass is 9.77. The highest BCUT2D eigenvalue weighted by Crippen LogP contribution is 2.47. The molecule has 1 saturated carbocycles. The quantitative estimate of drug-likeness (QED) is 0.781. The molecule has 7 nitrogen and oxygen atoms in total. The van der Waals surface area contributed by atoms with Crippen LogP contribution in [0.4, 0.5) is 0 Å². The molecule has 3 fully saturated rings. The van der Waals surface area contributed by atoms with Gasteiger partial charge in [0, 0.05) is 55.2 Å². The predicted octanol–water partition coefficient (Wildman–Crippen LogP) is 1.95. The van der Waals surface area contributed by atoms with Gasteiger partial charge in [0.1, 0.15) is 0 Å². The Kier molecular flexibility index (Phi) is 5.16. The van der Waals surface area contributed by atoms with E-state index in [0.717, 1.165) is 30.0 Å². The Morgan fingerprint density at radius 1 is 1.25 bits per heavy atom. The molecule has 2 atom stereocenters. The van der Waals surface area contributed by atoms with Crippen molar-refractivity contribution in [3.8, 4) is 0 Å². The average molecular weight is 406 g/mol. The highest BCUT2D eigenvalue weighted by Gasteiger charge is 2.54. The molecule has 0 bridgehead atoms. The molecule has 2 amide bonds. The molecule has 2 aliphatic heterocycles. The van der Waals surface area contributed by atoms with Crippen LogP contribution in [-0.4, -0.2) is 63.9 Å². The zero-order chi connectivity index (χ0) is 19.9. The van der Waals surface area contributed by atoms with Gasteiger partial charge in [0.05, 0.1) is 17.1 Å². The van der Waals surface area contributed by atoms with Crippen LogP contribution in [0.3, 0.4) is 0 Å². The highest BCUT2D eigenvalue weighted by molar-refractivity contribution is 7.09. The lowest BCUT2D eigenvalue weighted by molar-refractivity contribution is -0.137. The van der Waals surface area contributed by atoms with Crippen molar-refractivity contribution in [2.24, 2.45) is 17.3 Å². The summed E-state index contributed by atoms with van der Waals surface area (Å²) >= 11 is 1.54. The molecule has 152 valence electrons. The molecule has 3 heterocycles. The van der Waals surface area contributed by atoms with E-state index in [1.165, 1.54) is 11.3 Å². The van der Waals surface area contributed by atoms with Crippen molar-refractivity contribution in [2.45, 2.75) is 45.4 Å². The van der Waals surface area contributed by atoms with E-state index in [0.29, 0.717) is 32.6 Å². The Labute approximate surface area is 168 Å². The molecule has 1 aromatic rings. The van der Waals surface area contributed by atoms with Gasteiger partial charge in [-0.15, -0.1) is 11.3 Å². The van der Waals surface area contributed by atoms with Crippen LogP contribution >= 0.6 is 11.3 Å². The molecule has 4 rings (SSSR count). The summed E-state index contributed by atoms with van der Waals surface area (Å²) in [6.07, 6.45) is 3.95. The Hall–Kier alpha value is -1.96. The van der Waals surface area contributed by atoms with Crippen molar-refractivity contribution in [2.75, 3.05) is 26.2 Å². The van der Waals surface area contributed by atoms with Crippen LogP contribution in [0, 0.1) is 24.2 Å². The monoisotopic (exact) mass is 405 g/mol. The zero-order valence-electron chi connectivity index (χ0n) is 16.2. The second-order valence-corrected chi connectivity index (χ2v) is 9.67. The first-order chi connectivity index (χ1) is 13.4. The molecule has 2 saturated heterocycles. The maximum atomic E-state index is 12.8. The molecule has 28 heavy (non-hydrogen) atoms. The van der Waals surface area contributed by atoms with Crippen molar-refractivity contribution in [3.05, 3.63) is 16.1 Å². The second kappa shape index (κ2) is 7.46. The van der Waals surface area contributed by atoms with E-state index in [2.05, 4.69) is 4.98 Å². The Bertz CT molecular complexity index is 790. The van der Waals surface area contributed by atoms with Crippen molar-refractivity contribution >= 4 is 29.1 Å². The number of carboxylic acid groups (broad SMARTS) is 1. The minimum Gasteiger partial charge on any atom is -0.481 e. The summed E-state index contributed by atoms with van der Waals surface area (Å²) in [6, 6.07) is 0. The van der Waals surface area contributed by atoms with E-state index in [1.807, 2.05) is 22.1 Å². The predicted molar refractivity (Wildman–Crippen MR) is 104 cm³/mol. The number of carbonyl (C=O) groups excluding carboxylic acids is 2. The number of rotatable bonds is 6. The number of thiazole rings is 1. The molecule has 0 radical (unpaired) electrons. The third-order valence-corrected chi connectivity index (χ3v) is 7.54. The van der Waals surface area contributed by atoms with Gasteiger partial charge in [-0.3, -0.25) is 14.4 Å². The van der Waals surface area contributed by atoms with Crippen molar-refractivity contribution in [1.82, 2.24) is 14.8 Å². The van der Waals surface area contributed by atoms with E-state index in [9.17, 15) is 19.5 Å². The van der Waals surface area contributed by atoms with E-state index in [4.69, 9.17) is 0 Å². The number of aliphatic carboxylic acids is 1. The molecular weight excluding hydrogens is 378 g/mol. The summed E-state index contributed by atoms with van der Waals surface area (Å²) in [7, 11) is 0. The fourth-order valence-corrected chi connectivity index (χ4v) is 5.53. The van der Waals surface area contributed by atoms with Crippen LogP contribution in [0.15, 0.2) is 5.38 Å². The number of hydrogen-bond acceptors (Lipinski definition) is 5. The van der Waals surface area contributed by atoms with Gasteiger partial charge >= 0.3 is 5.97 Å². The van der Waals surface area contributed by atoms with Crippen molar-refractivity contribution in [3.63, 3.8) is 0 Å². The van der Waals surface area contributed by atoms with Crippen LogP contribution in [0.25, 0.3) is 0 Å². The van der Waals surface area contributed by atoms with Gasteiger partial charge in [-0.1, -0.05) is 6.42 Å². The third-order valence-electron chi connectivity index (χ3n) is 6.71. The largest absolute Gasteiger partial charge is 0.481 e. The van der Waals surface area contributed by atoms with Crippen LogP contribution in [0.1, 0.15) is 42.8 Å². The Balaban J connectivity index is 1.45. The first-order valence-electron chi connectivity index (χ1n) is 10.1. The highest BCUT2D eigenvalue weighted by atomic mass is 32.1. The van der Waals surface area contributed by atoms with Gasteiger partial charge in [-0.25, -0.2) is 4.98 Å². The van der Waals surface area contributed by atoms with Crippen LogP contribution in [0.5, 0.6) is 0 Å². The van der Waals surface area contributed by atoms with Gasteiger partial charge in [0.25, 0.3) is 0 Å². The minimum atomic E-state index is -0.820. The van der Waals surface area contributed by atoms with Gasteiger partial charge in [-0.05, 0) is 26.2 Å². The molecule has 1 N–H and O–H groups in total. The summed E-state index contributed by atoms with van der Waals surface area (Å²) in [6.45, 7) is 4.30. The van der Waals surface area contributed by atoms with Gasteiger partial charge in [-0.2, -0.15) is 0 Å². The molecular formula is C20H27N3O4S. The minimum absolute atomic E-state index is 0.0475. The number of hydrogen-bond donors (Lipinski definition) is 1. The number of fused-ring (bicyclic) bond motifs is 1. The van der Waals surface area contributed by atoms with Gasteiger partial charge in [0.15, 0.2) is 0 Å². The summed E-state index contributed by atoms with van der Waals surface area (Å²) in [5, 5.41) is 12.1. The topological polar surface area (TPSA) is 90.8 Å². The molecule has 0 spiro atoms. The number of nitrogens with zero attached hydrogens (tertiary/aromatic N) is 3. The SMILES string of the molecule is Cc1nc(CC(=O)N2C[C@H]3CN(C(=O)C4CCC4)C[C@@]3(CCC(=O)O)C2)cs1. The van der Waals surface area contributed by atoms with Crippen molar-refractivity contribution in [1.29, 1.82) is 0 Å². The standard InChI is InChI=1S/C20H27N3O4S/c1-13-21-16(10-28-13)7-17(24)22-8-15-9-23(19(27)14-3-2-4-14)12-20(15,11-22)6-5-18(25)26/h10,14-15H,2-9,11-12H2,1H3,(H,25,26)/t15-,20+/m0/s1. The number of carboxylic acids is 1. The summed E-state index contributed by atoms with van der Waals surface area (Å²) in [4.78, 5) is 44.9. The number of amides is 2. The molecule has 8 heteroatoms. The maximum absolute atomic E-state index is 12.8.